The zero-order valence-electron chi connectivity index (χ0n) is 20.8. The first-order valence-electron chi connectivity index (χ1n) is 12.3. The predicted octanol–water partition coefficient (Wildman–Crippen LogP) is 0.0455. The Balaban J connectivity index is 2.12. The van der Waals surface area contributed by atoms with Gasteiger partial charge in [0.1, 0.15) is 18.4 Å². The minimum atomic E-state index is -3.69. The zero-order chi connectivity index (χ0) is 26.6. The van der Waals surface area contributed by atoms with Crippen LogP contribution < -0.4 is 21.5 Å². The highest BCUT2D eigenvalue weighted by Gasteiger charge is 2.38. The molecule has 1 saturated heterocycles. The summed E-state index contributed by atoms with van der Waals surface area (Å²) in [6.07, 6.45) is 3.86. The van der Waals surface area contributed by atoms with Crippen LogP contribution in [-0.4, -0.2) is 74.3 Å². The van der Waals surface area contributed by atoms with E-state index in [-0.39, 0.29) is 18.1 Å². The Labute approximate surface area is 213 Å². The quantitative estimate of drug-likeness (QED) is 0.109. The number of nitrogens with two attached hydrogens (primary N) is 2. The second-order valence-electron chi connectivity index (χ2n) is 8.92. The van der Waals surface area contributed by atoms with Gasteiger partial charge in [-0.15, -0.1) is 0 Å². The monoisotopic (exact) mass is 522 g/mol. The van der Waals surface area contributed by atoms with Gasteiger partial charge in [0.25, 0.3) is 0 Å². The average molecular weight is 523 g/mol. The Hall–Kier alpha value is -2.99. The minimum absolute atomic E-state index is 0.0443. The van der Waals surface area contributed by atoms with Gasteiger partial charge >= 0.3 is 0 Å². The lowest BCUT2D eigenvalue weighted by Gasteiger charge is -2.29. The smallest absolute Gasteiger partial charge is 0.243 e. The molecule has 11 nitrogen and oxygen atoms in total. The molecule has 0 unspecified atom stereocenters. The number of hydrogen-bond donors (Lipinski definition) is 4. The topological polar surface area (TPSA) is 177 Å². The van der Waals surface area contributed by atoms with Crippen molar-refractivity contribution in [1.82, 2.24) is 14.9 Å². The van der Waals surface area contributed by atoms with E-state index < -0.39 is 40.0 Å². The summed E-state index contributed by atoms with van der Waals surface area (Å²) < 4.78 is 27.9. The van der Waals surface area contributed by atoms with Gasteiger partial charge in [0.15, 0.2) is 5.96 Å². The van der Waals surface area contributed by atoms with E-state index in [0.29, 0.717) is 57.9 Å². The van der Waals surface area contributed by atoms with E-state index in [1.807, 2.05) is 37.3 Å². The summed E-state index contributed by atoms with van der Waals surface area (Å²) in [6, 6.07) is 6.57. The Bertz CT molecular complexity index is 998. The average Bonchev–Trinajstić information content (AvgIpc) is 3.34. The molecular formula is C24H38N6O5S. The first kappa shape index (κ1) is 29.2. The second kappa shape index (κ2) is 14.5. The Morgan fingerprint density at radius 1 is 1.22 bits per heavy atom. The molecule has 1 heterocycles. The summed E-state index contributed by atoms with van der Waals surface area (Å²) in [5.74, 6) is -1.01. The molecule has 1 aliphatic rings. The normalized spacial score (nSPS) is 17.2. The molecule has 2 rings (SSSR count). The van der Waals surface area contributed by atoms with Gasteiger partial charge < -0.3 is 26.5 Å². The first-order chi connectivity index (χ1) is 17.2. The number of carbonyl (C=O) groups excluding carboxylic acids is 3. The number of hydrogen-bond acceptors (Lipinski definition) is 6. The van der Waals surface area contributed by atoms with Gasteiger partial charge in [-0.25, -0.2) is 13.1 Å². The number of nitrogens with one attached hydrogen (secondary N) is 2. The van der Waals surface area contributed by atoms with E-state index in [9.17, 15) is 22.8 Å². The SMILES string of the molecule is CCCCS(=O)(=O)N[C@H](Cc1ccccc1)C(=O)N1CCC[C@H]1C(=O)N[C@H](C=O)CCCN=C(N)N. The number of likely N-dealkylation sites (tertiary alicyclic amines) is 1. The maximum atomic E-state index is 13.6. The van der Waals surface area contributed by atoms with Gasteiger partial charge in [0.2, 0.25) is 21.8 Å². The third kappa shape index (κ3) is 9.57. The Morgan fingerprint density at radius 2 is 1.94 bits per heavy atom. The van der Waals surface area contributed by atoms with Crippen molar-refractivity contribution < 1.29 is 22.8 Å². The number of benzene rings is 1. The summed E-state index contributed by atoms with van der Waals surface area (Å²) in [5, 5.41) is 2.70. The molecule has 0 aliphatic carbocycles. The number of guanidine groups is 1. The van der Waals surface area contributed by atoms with Gasteiger partial charge in [-0.05, 0) is 44.1 Å². The van der Waals surface area contributed by atoms with Crippen molar-refractivity contribution in [3.05, 3.63) is 35.9 Å². The standard InChI is InChI=1S/C24H38N6O5S/c1-2-3-15-36(34,35)29-20(16-18-9-5-4-6-10-18)23(33)30-14-8-12-21(30)22(32)28-19(17-31)11-7-13-27-24(25)26/h4-6,9-10,17,19-21,29H,2-3,7-8,11-16H2,1H3,(H,28,32)(H4,25,26,27)/t19-,20+,21-/m0/s1. The van der Waals surface area contributed by atoms with Crippen LogP contribution >= 0.6 is 0 Å². The Kier molecular flexibility index (Phi) is 11.8. The van der Waals surface area contributed by atoms with Crippen LogP contribution in [0.5, 0.6) is 0 Å². The molecule has 1 fully saturated rings. The highest BCUT2D eigenvalue weighted by Crippen LogP contribution is 2.20. The van der Waals surface area contributed by atoms with Gasteiger partial charge in [0.05, 0.1) is 11.8 Å². The van der Waals surface area contributed by atoms with Crippen molar-refractivity contribution in [1.29, 1.82) is 0 Å². The van der Waals surface area contributed by atoms with Crippen molar-refractivity contribution in [2.45, 2.75) is 70.0 Å². The van der Waals surface area contributed by atoms with Crippen molar-refractivity contribution in [2.75, 3.05) is 18.8 Å². The van der Waals surface area contributed by atoms with E-state index >= 15 is 0 Å². The molecule has 0 saturated carbocycles. The first-order valence-corrected chi connectivity index (χ1v) is 14.0. The molecule has 1 aliphatic heterocycles. The molecule has 36 heavy (non-hydrogen) atoms. The molecule has 12 heteroatoms. The van der Waals surface area contributed by atoms with Gasteiger partial charge in [-0.2, -0.15) is 0 Å². The fraction of sp³-hybridized carbons (Fsp3) is 0.583. The van der Waals surface area contributed by atoms with Gasteiger partial charge in [-0.3, -0.25) is 14.6 Å². The fourth-order valence-electron chi connectivity index (χ4n) is 4.11. The number of unbranched alkanes of at least 4 members (excludes halogenated alkanes) is 1. The van der Waals surface area contributed by atoms with Crippen LogP contribution in [0.15, 0.2) is 35.3 Å². The largest absolute Gasteiger partial charge is 0.370 e. The molecule has 0 spiro atoms. The number of aliphatic imine (C=N–C) groups is 1. The number of aldehydes is 1. The molecule has 1 aromatic carbocycles. The Morgan fingerprint density at radius 3 is 2.58 bits per heavy atom. The second-order valence-corrected chi connectivity index (χ2v) is 10.8. The third-order valence-electron chi connectivity index (χ3n) is 5.97. The minimum Gasteiger partial charge on any atom is -0.370 e. The van der Waals surface area contributed by atoms with Crippen LogP contribution in [0.1, 0.15) is 51.0 Å². The summed E-state index contributed by atoms with van der Waals surface area (Å²) in [4.78, 5) is 43.3. The number of rotatable bonds is 15. The predicted molar refractivity (Wildman–Crippen MR) is 138 cm³/mol. The number of sulfonamides is 1. The number of amides is 2. The summed E-state index contributed by atoms with van der Waals surface area (Å²) >= 11 is 0. The fourth-order valence-corrected chi connectivity index (χ4v) is 5.52. The van der Waals surface area contributed by atoms with Crippen LogP contribution in [0.2, 0.25) is 0 Å². The molecule has 6 N–H and O–H groups in total. The zero-order valence-corrected chi connectivity index (χ0v) is 21.6. The highest BCUT2D eigenvalue weighted by atomic mass is 32.2. The summed E-state index contributed by atoms with van der Waals surface area (Å²) in [6.45, 7) is 2.55. The molecule has 2 amide bonds. The van der Waals surface area contributed by atoms with Crippen LogP contribution in [0, 0.1) is 0 Å². The van der Waals surface area contributed by atoms with Crippen molar-refractivity contribution in [3.63, 3.8) is 0 Å². The molecule has 0 aromatic heterocycles. The van der Waals surface area contributed by atoms with Crippen LogP contribution in [-0.2, 0) is 30.8 Å². The molecule has 1 aromatic rings. The number of carbonyl (C=O) groups is 3. The van der Waals surface area contributed by atoms with Gasteiger partial charge in [-0.1, -0.05) is 43.7 Å². The maximum Gasteiger partial charge on any atom is 0.243 e. The van der Waals surface area contributed by atoms with E-state index in [2.05, 4.69) is 15.0 Å². The molecule has 200 valence electrons. The van der Waals surface area contributed by atoms with E-state index in [1.54, 1.807) is 0 Å². The van der Waals surface area contributed by atoms with Crippen molar-refractivity contribution in [2.24, 2.45) is 16.5 Å². The maximum absolute atomic E-state index is 13.6. The van der Waals surface area contributed by atoms with Crippen molar-refractivity contribution in [3.8, 4) is 0 Å². The van der Waals surface area contributed by atoms with Crippen molar-refractivity contribution >= 4 is 34.1 Å². The lowest BCUT2D eigenvalue weighted by atomic mass is 10.0. The number of nitrogens with zero attached hydrogens (tertiary/aromatic N) is 2. The molecule has 0 radical (unpaired) electrons. The van der Waals surface area contributed by atoms with Crippen LogP contribution in [0.25, 0.3) is 0 Å². The lowest BCUT2D eigenvalue weighted by Crippen LogP contribution is -2.55. The van der Waals surface area contributed by atoms with Crippen LogP contribution in [0.4, 0.5) is 0 Å². The summed E-state index contributed by atoms with van der Waals surface area (Å²) in [5.41, 5.74) is 11.4. The van der Waals surface area contributed by atoms with Gasteiger partial charge in [0, 0.05) is 13.1 Å². The molecule has 3 atom stereocenters. The third-order valence-corrected chi connectivity index (χ3v) is 7.44. The van der Waals surface area contributed by atoms with Crippen LogP contribution in [0.3, 0.4) is 0 Å². The highest BCUT2D eigenvalue weighted by molar-refractivity contribution is 7.89. The van der Waals surface area contributed by atoms with E-state index in [0.717, 1.165) is 5.56 Å². The molecular weight excluding hydrogens is 484 g/mol. The lowest BCUT2D eigenvalue weighted by molar-refractivity contribution is -0.140. The molecule has 0 bridgehead atoms. The summed E-state index contributed by atoms with van der Waals surface area (Å²) in [7, 11) is -3.69. The van der Waals surface area contributed by atoms with E-state index in [1.165, 1.54) is 4.90 Å². The van der Waals surface area contributed by atoms with E-state index in [4.69, 9.17) is 11.5 Å².